The molecule has 18 heavy (non-hydrogen) atoms. The summed E-state index contributed by atoms with van der Waals surface area (Å²) in [6, 6.07) is 0. The van der Waals surface area contributed by atoms with Crippen LogP contribution in [0.3, 0.4) is 0 Å². The predicted octanol–water partition coefficient (Wildman–Crippen LogP) is 4.95. The van der Waals surface area contributed by atoms with Crippen LogP contribution in [-0.4, -0.2) is 22.4 Å². The third-order valence-electron chi connectivity index (χ3n) is 3.53. The third-order valence-corrected chi connectivity index (χ3v) is 3.53. The fraction of sp³-hybridized carbons (Fsp3) is 1.00. The zero-order chi connectivity index (χ0) is 14.8. The van der Waals surface area contributed by atoms with E-state index in [1.54, 1.807) is 0 Å². The van der Waals surface area contributed by atoms with E-state index in [2.05, 4.69) is 69.2 Å². The van der Waals surface area contributed by atoms with Crippen molar-refractivity contribution in [2.24, 2.45) is 0 Å². The molecule has 0 aromatic heterocycles. The maximum absolute atomic E-state index is 6.35. The Morgan fingerprint density at radius 2 is 0.778 bits per heavy atom. The predicted molar refractivity (Wildman–Crippen MR) is 79.1 cm³/mol. The van der Waals surface area contributed by atoms with Crippen LogP contribution in [0, 0.1) is 0 Å². The van der Waals surface area contributed by atoms with Gasteiger partial charge in [-0.15, -0.1) is 0 Å². The molecule has 0 radical (unpaired) electrons. The van der Waals surface area contributed by atoms with Gasteiger partial charge in [0, 0.05) is 0 Å². The lowest BCUT2D eigenvalue weighted by Gasteiger charge is -2.50. The molecular weight excluding hydrogens is 224 g/mol. The van der Waals surface area contributed by atoms with Crippen molar-refractivity contribution in [1.29, 1.82) is 0 Å². The fourth-order valence-electron chi connectivity index (χ4n) is 2.46. The van der Waals surface area contributed by atoms with E-state index in [4.69, 9.17) is 9.47 Å². The SMILES string of the molecule is CCC(C)(OC(C)(C)C)C(C)(CC)OC(C)(C)C. The van der Waals surface area contributed by atoms with Gasteiger partial charge < -0.3 is 9.47 Å². The van der Waals surface area contributed by atoms with Crippen molar-refractivity contribution < 1.29 is 9.47 Å². The third kappa shape index (κ3) is 4.89. The van der Waals surface area contributed by atoms with Gasteiger partial charge in [-0.1, -0.05) is 13.8 Å². The molecule has 0 aliphatic heterocycles. The van der Waals surface area contributed by atoms with Crippen molar-refractivity contribution in [1.82, 2.24) is 0 Å². The summed E-state index contributed by atoms with van der Waals surface area (Å²) in [6.45, 7) is 21.3. The summed E-state index contributed by atoms with van der Waals surface area (Å²) in [4.78, 5) is 0. The zero-order valence-electron chi connectivity index (χ0n) is 14.2. The summed E-state index contributed by atoms with van der Waals surface area (Å²) in [7, 11) is 0. The van der Waals surface area contributed by atoms with Gasteiger partial charge in [0.25, 0.3) is 0 Å². The minimum Gasteiger partial charge on any atom is -0.367 e. The van der Waals surface area contributed by atoms with Gasteiger partial charge >= 0.3 is 0 Å². The Morgan fingerprint density at radius 1 is 0.556 bits per heavy atom. The van der Waals surface area contributed by atoms with Gasteiger partial charge in [0.05, 0.1) is 22.4 Å². The van der Waals surface area contributed by atoms with Crippen molar-refractivity contribution in [2.45, 2.75) is 104 Å². The highest BCUT2D eigenvalue weighted by Crippen LogP contribution is 2.40. The van der Waals surface area contributed by atoms with Crippen LogP contribution in [-0.2, 0) is 9.47 Å². The van der Waals surface area contributed by atoms with Gasteiger partial charge in [0.2, 0.25) is 0 Å². The van der Waals surface area contributed by atoms with Gasteiger partial charge in [-0.05, 0) is 68.2 Å². The molecule has 0 saturated carbocycles. The van der Waals surface area contributed by atoms with Crippen molar-refractivity contribution in [3.8, 4) is 0 Å². The molecule has 2 heteroatoms. The van der Waals surface area contributed by atoms with E-state index < -0.39 is 0 Å². The molecule has 110 valence electrons. The topological polar surface area (TPSA) is 18.5 Å². The second kappa shape index (κ2) is 5.50. The quantitative estimate of drug-likeness (QED) is 0.694. The van der Waals surface area contributed by atoms with Crippen LogP contribution >= 0.6 is 0 Å². The molecule has 0 aliphatic carbocycles. The molecule has 0 fully saturated rings. The van der Waals surface area contributed by atoms with E-state index in [1.807, 2.05) is 0 Å². The Morgan fingerprint density at radius 3 is 0.889 bits per heavy atom. The maximum atomic E-state index is 6.35. The normalized spacial score (nSPS) is 20.3. The molecule has 0 amide bonds. The summed E-state index contributed by atoms with van der Waals surface area (Å²) in [5.41, 5.74) is -0.897. The van der Waals surface area contributed by atoms with E-state index in [0.717, 1.165) is 12.8 Å². The molecule has 0 aromatic carbocycles. The highest BCUT2D eigenvalue weighted by Gasteiger charge is 2.48. The summed E-state index contributed by atoms with van der Waals surface area (Å²) in [6.07, 6.45) is 1.87. The first kappa shape index (κ1) is 17.9. The van der Waals surface area contributed by atoms with Gasteiger partial charge in [-0.2, -0.15) is 0 Å². The first-order chi connectivity index (χ1) is 7.79. The van der Waals surface area contributed by atoms with Gasteiger partial charge in [-0.3, -0.25) is 0 Å². The Kier molecular flexibility index (Phi) is 5.48. The lowest BCUT2D eigenvalue weighted by molar-refractivity contribution is -0.261. The van der Waals surface area contributed by atoms with Crippen LogP contribution in [0.15, 0.2) is 0 Å². The van der Waals surface area contributed by atoms with E-state index in [9.17, 15) is 0 Å². The minimum absolute atomic E-state index is 0.164. The zero-order valence-corrected chi connectivity index (χ0v) is 14.2. The molecule has 0 heterocycles. The second-order valence-electron chi connectivity index (χ2n) is 7.60. The van der Waals surface area contributed by atoms with Gasteiger partial charge in [0.1, 0.15) is 0 Å². The van der Waals surface area contributed by atoms with Gasteiger partial charge in [-0.25, -0.2) is 0 Å². The maximum Gasteiger partial charge on any atom is 0.0944 e. The van der Waals surface area contributed by atoms with Crippen molar-refractivity contribution in [3.05, 3.63) is 0 Å². The van der Waals surface area contributed by atoms with Crippen LogP contribution in [0.2, 0.25) is 0 Å². The standard InChI is InChI=1S/C16H34O2/c1-11-15(9,17-13(3,4)5)16(10,12-2)18-14(6,7)8/h11-12H2,1-10H3. The van der Waals surface area contributed by atoms with Crippen LogP contribution in [0.25, 0.3) is 0 Å². The second-order valence-corrected chi connectivity index (χ2v) is 7.60. The van der Waals surface area contributed by atoms with Gasteiger partial charge in [0.15, 0.2) is 0 Å². The highest BCUT2D eigenvalue weighted by molar-refractivity contribution is 4.98. The summed E-state index contributed by atoms with van der Waals surface area (Å²) in [5, 5.41) is 0. The largest absolute Gasteiger partial charge is 0.367 e. The number of ether oxygens (including phenoxy) is 2. The summed E-state index contributed by atoms with van der Waals surface area (Å²) >= 11 is 0. The van der Waals surface area contributed by atoms with E-state index >= 15 is 0 Å². The monoisotopic (exact) mass is 258 g/mol. The molecular formula is C16H34O2. The van der Waals surface area contributed by atoms with Crippen molar-refractivity contribution in [2.75, 3.05) is 0 Å². The van der Waals surface area contributed by atoms with E-state index in [0.29, 0.717) is 0 Å². The average molecular weight is 258 g/mol. The molecule has 0 aromatic rings. The van der Waals surface area contributed by atoms with E-state index in [-0.39, 0.29) is 22.4 Å². The summed E-state index contributed by atoms with van der Waals surface area (Å²) in [5.74, 6) is 0. The molecule has 2 nitrogen and oxygen atoms in total. The molecule has 0 rings (SSSR count). The highest BCUT2D eigenvalue weighted by atomic mass is 16.6. The average Bonchev–Trinajstić information content (AvgIpc) is 2.12. The van der Waals surface area contributed by atoms with Crippen LogP contribution in [0.1, 0.15) is 82.1 Å². The van der Waals surface area contributed by atoms with Crippen molar-refractivity contribution in [3.63, 3.8) is 0 Å². The van der Waals surface area contributed by atoms with Crippen LogP contribution < -0.4 is 0 Å². The Balaban J connectivity index is 5.30. The molecule has 0 aliphatic rings. The Bertz CT molecular complexity index is 231. The number of hydrogen-bond donors (Lipinski definition) is 0. The molecule has 0 bridgehead atoms. The molecule has 2 unspecified atom stereocenters. The Labute approximate surface area is 114 Å². The molecule has 0 spiro atoms. The molecule has 0 N–H and O–H groups in total. The lowest BCUT2D eigenvalue weighted by Crippen LogP contribution is -2.58. The van der Waals surface area contributed by atoms with Crippen LogP contribution in [0.5, 0.6) is 0 Å². The number of hydrogen-bond acceptors (Lipinski definition) is 2. The smallest absolute Gasteiger partial charge is 0.0944 e. The first-order valence-electron chi connectivity index (χ1n) is 7.19. The fourth-order valence-corrected chi connectivity index (χ4v) is 2.46. The minimum atomic E-state index is -0.284. The molecule has 2 atom stereocenters. The number of rotatable bonds is 5. The molecule has 0 saturated heterocycles. The lowest BCUT2D eigenvalue weighted by atomic mass is 9.80. The van der Waals surface area contributed by atoms with Crippen molar-refractivity contribution >= 4 is 0 Å². The Hall–Kier alpha value is -0.0800. The van der Waals surface area contributed by atoms with Crippen LogP contribution in [0.4, 0.5) is 0 Å². The summed E-state index contributed by atoms with van der Waals surface area (Å²) < 4.78 is 12.7. The van der Waals surface area contributed by atoms with E-state index in [1.165, 1.54) is 0 Å². The first-order valence-corrected chi connectivity index (χ1v) is 7.19.